The first kappa shape index (κ1) is 22.8. The molecule has 0 spiro atoms. The summed E-state index contributed by atoms with van der Waals surface area (Å²) in [5.74, 6) is -0.167. The van der Waals surface area contributed by atoms with E-state index in [-0.39, 0.29) is 17.8 Å². The molecule has 35 heavy (non-hydrogen) atoms. The lowest BCUT2D eigenvalue weighted by atomic mass is 10.2. The van der Waals surface area contributed by atoms with Gasteiger partial charge in [-0.15, -0.1) is 0 Å². The lowest BCUT2D eigenvalue weighted by molar-refractivity contribution is -0.140. The Bertz CT molecular complexity index is 1380. The van der Waals surface area contributed by atoms with Crippen LogP contribution < -0.4 is 10.2 Å². The highest BCUT2D eigenvalue weighted by molar-refractivity contribution is 6.06. The smallest absolute Gasteiger partial charge is 0.357 e. The van der Waals surface area contributed by atoms with Gasteiger partial charge < -0.3 is 14.8 Å². The van der Waals surface area contributed by atoms with Gasteiger partial charge in [0.15, 0.2) is 0 Å². The van der Waals surface area contributed by atoms with E-state index in [0.717, 1.165) is 37.8 Å². The second-order valence-electron chi connectivity index (χ2n) is 8.40. The standard InChI is InChI=1S/C25H21F4N5O/c26-17-5-3-4-16(12-17)15-34-20-7-8-22(25(27,28)29)32-19(20)13-21(34)24(35)31-18-6-9-23(30-14-18)33-10-1-2-11-33/h3-9,12-14H,1-2,10-11,15H2,(H,31,35). The maximum absolute atomic E-state index is 13.7. The molecular weight excluding hydrogens is 462 g/mol. The first-order valence-electron chi connectivity index (χ1n) is 11.1. The number of carbonyl (C=O) groups is 1. The Morgan fingerprint density at radius 3 is 2.51 bits per heavy atom. The van der Waals surface area contributed by atoms with E-state index in [4.69, 9.17) is 0 Å². The van der Waals surface area contributed by atoms with Crippen molar-refractivity contribution in [3.05, 3.63) is 83.6 Å². The molecule has 0 radical (unpaired) electrons. The average Bonchev–Trinajstić information content (AvgIpc) is 3.48. The first-order valence-corrected chi connectivity index (χ1v) is 11.1. The molecule has 4 aromatic rings. The van der Waals surface area contributed by atoms with Crippen molar-refractivity contribution in [3.63, 3.8) is 0 Å². The highest BCUT2D eigenvalue weighted by Gasteiger charge is 2.33. The Morgan fingerprint density at radius 2 is 1.83 bits per heavy atom. The largest absolute Gasteiger partial charge is 0.433 e. The predicted molar refractivity (Wildman–Crippen MR) is 124 cm³/mol. The molecule has 1 saturated heterocycles. The predicted octanol–water partition coefficient (Wildman–Crippen LogP) is 5.49. The van der Waals surface area contributed by atoms with Gasteiger partial charge in [0.2, 0.25) is 0 Å². The molecule has 1 aromatic carbocycles. The number of hydrogen-bond donors (Lipinski definition) is 1. The van der Waals surface area contributed by atoms with E-state index in [1.807, 2.05) is 6.07 Å². The minimum absolute atomic E-state index is 0.0175. The lowest BCUT2D eigenvalue weighted by Gasteiger charge is -2.16. The van der Waals surface area contributed by atoms with Gasteiger partial charge in [-0.1, -0.05) is 12.1 Å². The van der Waals surface area contributed by atoms with Crippen LogP contribution in [0.15, 0.2) is 60.8 Å². The fraction of sp³-hybridized carbons (Fsp3) is 0.240. The molecule has 0 bridgehead atoms. The summed E-state index contributed by atoms with van der Waals surface area (Å²) in [5.41, 5.74) is 0.387. The van der Waals surface area contributed by atoms with Crippen LogP contribution in [-0.2, 0) is 12.7 Å². The average molecular weight is 483 g/mol. The van der Waals surface area contributed by atoms with Gasteiger partial charge in [0.25, 0.3) is 5.91 Å². The highest BCUT2D eigenvalue weighted by atomic mass is 19.4. The Hall–Kier alpha value is -3.95. The maximum Gasteiger partial charge on any atom is 0.433 e. The molecule has 0 atom stereocenters. The highest BCUT2D eigenvalue weighted by Crippen LogP contribution is 2.30. The number of aromatic nitrogens is 3. The van der Waals surface area contributed by atoms with Crippen LogP contribution in [0.4, 0.5) is 29.1 Å². The van der Waals surface area contributed by atoms with E-state index in [1.54, 1.807) is 18.3 Å². The number of halogens is 4. The van der Waals surface area contributed by atoms with Gasteiger partial charge in [0, 0.05) is 19.6 Å². The molecule has 0 unspecified atom stereocenters. The Labute approximate surface area is 198 Å². The van der Waals surface area contributed by atoms with Crippen LogP contribution in [0.25, 0.3) is 11.0 Å². The van der Waals surface area contributed by atoms with Crippen molar-refractivity contribution >= 4 is 28.4 Å². The molecule has 1 aliphatic rings. The third kappa shape index (κ3) is 4.82. The molecule has 180 valence electrons. The fourth-order valence-corrected chi connectivity index (χ4v) is 4.26. The molecule has 0 aliphatic carbocycles. The van der Waals surface area contributed by atoms with Crippen LogP contribution in [0.1, 0.15) is 34.6 Å². The first-order chi connectivity index (χ1) is 16.8. The van der Waals surface area contributed by atoms with Gasteiger partial charge in [0.1, 0.15) is 23.0 Å². The number of nitrogens with zero attached hydrogens (tertiary/aromatic N) is 4. The number of anilines is 2. The maximum atomic E-state index is 13.7. The summed E-state index contributed by atoms with van der Waals surface area (Å²) in [5, 5.41) is 2.75. The van der Waals surface area contributed by atoms with Gasteiger partial charge in [-0.2, -0.15) is 13.2 Å². The van der Waals surface area contributed by atoms with Gasteiger partial charge in [-0.3, -0.25) is 4.79 Å². The lowest BCUT2D eigenvalue weighted by Crippen LogP contribution is -2.20. The summed E-state index contributed by atoms with van der Waals surface area (Å²) >= 11 is 0. The quantitative estimate of drug-likeness (QED) is 0.382. The third-order valence-electron chi connectivity index (χ3n) is 5.95. The van der Waals surface area contributed by atoms with E-state index in [0.29, 0.717) is 16.8 Å². The summed E-state index contributed by atoms with van der Waals surface area (Å²) < 4.78 is 54.9. The number of hydrogen-bond acceptors (Lipinski definition) is 4. The molecule has 3 aromatic heterocycles. The van der Waals surface area contributed by atoms with Gasteiger partial charge in [-0.05, 0) is 60.9 Å². The third-order valence-corrected chi connectivity index (χ3v) is 5.95. The molecule has 1 fully saturated rings. The number of benzene rings is 1. The van der Waals surface area contributed by atoms with Crippen molar-refractivity contribution in [1.82, 2.24) is 14.5 Å². The minimum Gasteiger partial charge on any atom is -0.357 e. The molecule has 5 rings (SSSR count). The topological polar surface area (TPSA) is 63.1 Å². The molecule has 6 nitrogen and oxygen atoms in total. The number of carbonyl (C=O) groups excluding carboxylic acids is 1. The number of rotatable bonds is 5. The Balaban J connectivity index is 1.48. The van der Waals surface area contributed by atoms with Gasteiger partial charge in [-0.25, -0.2) is 14.4 Å². The van der Waals surface area contributed by atoms with Gasteiger partial charge >= 0.3 is 6.18 Å². The van der Waals surface area contributed by atoms with Crippen molar-refractivity contribution in [3.8, 4) is 0 Å². The van der Waals surface area contributed by atoms with Crippen molar-refractivity contribution in [2.75, 3.05) is 23.3 Å². The summed E-state index contributed by atoms with van der Waals surface area (Å²) in [7, 11) is 0. The van der Waals surface area contributed by atoms with Crippen LogP contribution in [-0.4, -0.2) is 33.5 Å². The zero-order valence-electron chi connectivity index (χ0n) is 18.5. The SMILES string of the molecule is O=C(Nc1ccc(N2CCCC2)nc1)c1cc2nc(C(F)(F)F)ccc2n1Cc1cccc(F)c1. The minimum atomic E-state index is -4.62. The normalized spacial score (nSPS) is 14.0. The zero-order chi connectivity index (χ0) is 24.6. The van der Waals surface area contributed by atoms with E-state index in [9.17, 15) is 22.4 Å². The van der Waals surface area contributed by atoms with Crippen LogP contribution in [0.2, 0.25) is 0 Å². The number of amides is 1. The van der Waals surface area contributed by atoms with Crippen LogP contribution in [0.5, 0.6) is 0 Å². The van der Waals surface area contributed by atoms with Crippen molar-refractivity contribution < 1.29 is 22.4 Å². The number of nitrogens with one attached hydrogen (secondary N) is 1. The van der Waals surface area contributed by atoms with Crippen LogP contribution in [0, 0.1) is 5.82 Å². The van der Waals surface area contributed by atoms with Crippen LogP contribution in [0.3, 0.4) is 0 Å². The molecule has 1 aliphatic heterocycles. The van der Waals surface area contributed by atoms with E-state index in [2.05, 4.69) is 20.2 Å². The molecule has 10 heteroatoms. The number of pyridine rings is 2. The molecule has 0 saturated carbocycles. The second kappa shape index (κ2) is 9.01. The monoisotopic (exact) mass is 483 g/mol. The van der Waals surface area contributed by atoms with E-state index >= 15 is 0 Å². The summed E-state index contributed by atoms with van der Waals surface area (Å²) in [4.78, 5) is 23.5. The van der Waals surface area contributed by atoms with Crippen molar-refractivity contribution in [2.45, 2.75) is 25.6 Å². The van der Waals surface area contributed by atoms with Crippen molar-refractivity contribution in [1.29, 1.82) is 0 Å². The second-order valence-corrected chi connectivity index (χ2v) is 8.40. The summed E-state index contributed by atoms with van der Waals surface area (Å²) in [6.45, 7) is 1.95. The van der Waals surface area contributed by atoms with Crippen LogP contribution >= 0.6 is 0 Å². The Kier molecular flexibility index (Phi) is 5.88. The summed E-state index contributed by atoms with van der Waals surface area (Å²) in [6, 6.07) is 12.8. The van der Waals surface area contributed by atoms with E-state index in [1.165, 1.54) is 34.9 Å². The number of fused-ring (bicyclic) bond motifs is 1. The zero-order valence-corrected chi connectivity index (χ0v) is 18.5. The fourth-order valence-electron chi connectivity index (χ4n) is 4.26. The molecule has 1 N–H and O–H groups in total. The Morgan fingerprint density at radius 1 is 1.03 bits per heavy atom. The molecule has 4 heterocycles. The summed E-state index contributed by atoms with van der Waals surface area (Å²) in [6.07, 6.45) is -0.852. The van der Waals surface area contributed by atoms with Gasteiger partial charge in [0.05, 0.1) is 22.9 Å². The van der Waals surface area contributed by atoms with Crippen molar-refractivity contribution in [2.24, 2.45) is 0 Å². The number of alkyl halides is 3. The molecule has 1 amide bonds. The van der Waals surface area contributed by atoms with E-state index < -0.39 is 23.6 Å². The molecular formula is C25H21F4N5O.